The van der Waals surface area contributed by atoms with E-state index in [1.807, 2.05) is 10.6 Å². The highest BCUT2D eigenvalue weighted by Gasteiger charge is 2.46. The van der Waals surface area contributed by atoms with Gasteiger partial charge in [-0.05, 0) is 82.6 Å². The Balaban J connectivity index is 2.10. The summed E-state index contributed by atoms with van der Waals surface area (Å²) in [7, 11) is -0.127. The minimum atomic E-state index is -0.0634. The van der Waals surface area contributed by atoms with Gasteiger partial charge in [0.15, 0.2) is 0 Å². The van der Waals surface area contributed by atoms with Crippen LogP contribution in [-0.4, -0.2) is 22.6 Å². The van der Waals surface area contributed by atoms with E-state index in [9.17, 15) is 0 Å². The van der Waals surface area contributed by atoms with Gasteiger partial charge in [0, 0.05) is 0 Å². The lowest BCUT2D eigenvalue weighted by Crippen LogP contribution is -2.34. The van der Waals surface area contributed by atoms with Gasteiger partial charge in [-0.2, -0.15) is 0 Å². The third-order valence-corrected chi connectivity index (χ3v) is 17.6. The third kappa shape index (κ3) is 5.33. The van der Waals surface area contributed by atoms with Gasteiger partial charge >= 0.3 is 0 Å². The predicted molar refractivity (Wildman–Crippen MR) is 151 cm³/mol. The number of benzene rings is 1. The summed E-state index contributed by atoms with van der Waals surface area (Å²) in [6.45, 7) is 20.0. The van der Waals surface area contributed by atoms with Crippen LogP contribution < -0.4 is 10.6 Å². The molecule has 0 radical (unpaired) electrons. The molecule has 2 fully saturated rings. The Labute approximate surface area is 203 Å². The maximum atomic E-state index is 2.62. The molecule has 182 valence electrons. The van der Waals surface area contributed by atoms with Crippen LogP contribution in [-0.2, 0) is 0 Å². The van der Waals surface area contributed by atoms with E-state index in [1.54, 1.807) is 0 Å². The molecule has 32 heavy (non-hydrogen) atoms. The molecule has 0 aliphatic carbocycles. The molecule has 8 atom stereocenters. The van der Waals surface area contributed by atoms with Crippen LogP contribution >= 0.6 is 15.8 Å². The smallest absolute Gasteiger partial charge is 0.0140 e. The van der Waals surface area contributed by atoms with E-state index in [2.05, 4.69) is 79.7 Å². The molecule has 0 spiro atoms. The summed E-state index contributed by atoms with van der Waals surface area (Å²) in [6.07, 6.45) is 11.3. The summed E-state index contributed by atoms with van der Waals surface area (Å²) in [4.78, 5) is 0. The van der Waals surface area contributed by atoms with Crippen LogP contribution in [0.15, 0.2) is 24.3 Å². The SMILES string of the molecule is CCC(C)C1CCC(C(C)CC)P1c1ccccc1P1C(C(C)CC)CCC1C(C)CC. The van der Waals surface area contributed by atoms with Gasteiger partial charge < -0.3 is 0 Å². The lowest BCUT2D eigenvalue weighted by molar-refractivity contribution is 0.487. The molecule has 2 aliphatic heterocycles. The Hall–Kier alpha value is 0.0800. The Kier molecular flexibility index (Phi) is 10.1. The molecule has 0 nitrogen and oxygen atoms in total. The van der Waals surface area contributed by atoms with Crippen molar-refractivity contribution < 1.29 is 0 Å². The van der Waals surface area contributed by atoms with Gasteiger partial charge in [-0.3, -0.25) is 0 Å². The molecule has 3 rings (SSSR count). The highest BCUT2D eigenvalue weighted by molar-refractivity contribution is 7.73. The topological polar surface area (TPSA) is 0 Å². The summed E-state index contributed by atoms with van der Waals surface area (Å²) < 4.78 is 0. The van der Waals surface area contributed by atoms with Crippen molar-refractivity contribution >= 4 is 26.5 Å². The van der Waals surface area contributed by atoms with Gasteiger partial charge in [0.05, 0.1) is 0 Å². The van der Waals surface area contributed by atoms with Gasteiger partial charge in [0.25, 0.3) is 0 Å². The fraction of sp³-hybridized carbons (Fsp3) is 0.800. The van der Waals surface area contributed by atoms with Crippen LogP contribution in [0.4, 0.5) is 0 Å². The van der Waals surface area contributed by atoms with Crippen molar-refractivity contribution in [3.05, 3.63) is 24.3 Å². The summed E-state index contributed by atoms with van der Waals surface area (Å²) in [5.74, 6) is 3.48. The van der Waals surface area contributed by atoms with Gasteiger partial charge in [-0.25, -0.2) is 0 Å². The molecule has 1 aromatic carbocycles. The maximum absolute atomic E-state index is 2.62. The molecule has 2 heteroatoms. The average Bonchev–Trinajstić information content (AvgIpc) is 3.47. The average molecular weight is 475 g/mol. The first-order valence-electron chi connectivity index (χ1n) is 14.0. The molecule has 0 amide bonds. The zero-order chi connectivity index (χ0) is 23.4. The monoisotopic (exact) mass is 474 g/mol. The molecule has 0 aromatic heterocycles. The van der Waals surface area contributed by atoms with E-state index >= 15 is 0 Å². The van der Waals surface area contributed by atoms with E-state index in [0.717, 1.165) is 46.3 Å². The van der Waals surface area contributed by atoms with Gasteiger partial charge in [-0.1, -0.05) is 121 Å². The number of hydrogen-bond acceptors (Lipinski definition) is 0. The maximum Gasteiger partial charge on any atom is -0.0140 e. The highest BCUT2D eigenvalue weighted by Crippen LogP contribution is 2.64. The molecule has 0 saturated carbocycles. The number of hydrogen-bond donors (Lipinski definition) is 0. The van der Waals surface area contributed by atoms with Crippen LogP contribution in [0.5, 0.6) is 0 Å². The second-order valence-electron chi connectivity index (χ2n) is 11.3. The van der Waals surface area contributed by atoms with Crippen molar-refractivity contribution in [2.75, 3.05) is 0 Å². The quantitative estimate of drug-likeness (QED) is 0.297. The Morgan fingerprint density at radius 1 is 0.562 bits per heavy atom. The molecule has 0 bridgehead atoms. The van der Waals surface area contributed by atoms with E-state index in [1.165, 1.54) is 51.4 Å². The van der Waals surface area contributed by atoms with Crippen molar-refractivity contribution in [2.24, 2.45) is 23.7 Å². The molecule has 0 N–H and O–H groups in total. The Morgan fingerprint density at radius 2 is 0.812 bits per heavy atom. The molecule has 2 aliphatic rings. The first kappa shape index (κ1) is 26.7. The fourth-order valence-electron chi connectivity index (χ4n) is 6.67. The minimum Gasteiger partial charge on any atom is -0.0677 e. The van der Waals surface area contributed by atoms with Crippen LogP contribution in [0.2, 0.25) is 0 Å². The van der Waals surface area contributed by atoms with Crippen LogP contribution in [0.1, 0.15) is 107 Å². The first-order valence-corrected chi connectivity index (χ1v) is 17.0. The second kappa shape index (κ2) is 12.2. The molecule has 2 saturated heterocycles. The summed E-state index contributed by atoms with van der Waals surface area (Å²) in [6, 6.07) is 10.0. The largest absolute Gasteiger partial charge is 0.0677 e. The van der Waals surface area contributed by atoms with Crippen molar-refractivity contribution in [3.63, 3.8) is 0 Å². The van der Waals surface area contributed by atoms with Crippen LogP contribution in [0.3, 0.4) is 0 Å². The molecular weight excluding hydrogens is 422 g/mol. The predicted octanol–water partition coefficient (Wildman–Crippen LogP) is 9.15. The third-order valence-electron chi connectivity index (χ3n) is 9.59. The minimum absolute atomic E-state index is 0.0634. The lowest BCUT2D eigenvalue weighted by atomic mass is 9.97. The van der Waals surface area contributed by atoms with Crippen LogP contribution in [0, 0.1) is 23.7 Å². The van der Waals surface area contributed by atoms with Gasteiger partial charge in [-0.15, -0.1) is 0 Å². The fourth-order valence-corrected chi connectivity index (χ4v) is 15.7. The van der Waals surface area contributed by atoms with Crippen molar-refractivity contribution in [3.8, 4) is 0 Å². The lowest BCUT2D eigenvalue weighted by Gasteiger charge is -2.38. The standard InChI is InChI=1S/C30H52P2/c1-9-21(5)25-17-18-26(22(6)10-2)31(25)29-15-13-14-16-30(29)32-27(23(7)11-3)19-20-28(32)24(8)12-4/h13-16,21-28H,9-12,17-20H2,1-8H3. The molecule has 8 unspecified atom stereocenters. The van der Waals surface area contributed by atoms with Crippen molar-refractivity contribution in [1.29, 1.82) is 0 Å². The zero-order valence-corrected chi connectivity index (χ0v) is 24.3. The van der Waals surface area contributed by atoms with Crippen LogP contribution in [0.25, 0.3) is 0 Å². The van der Waals surface area contributed by atoms with Gasteiger partial charge in [0.2, 0.25) is 0 Å². The van der Waals surface area contributed by atoms with E-state index in [0.29, 0.717) is 0 Å². The molecular formula is C30H52P2. The second-order valence-corrected chi connectivity index (χ2v) is 16.5. The highest BCUT2D eigenvalue weighted by atomic mass is 31.1. The number of rotatable bonds is 10. The summed E-state index contributed by atoms with van der Waals surface area (Å²) in [5.41, 5.74) is 3.77. The molecule has 1 aromatic rings. The van der Waals surface area contributed by atoms with E-state index in [4.69, 9.17) is 0 Å². The van der Waals surface area contributed by atoms with Crippen molar-refractivity contribution in [1.82, 2.24) is 0 Å². The Morgan fingerprint density at radius 3 is 1.03 bits per heavy atom. The summed E-state index contributed by atoms with van der Waals surface area (Å²) in [5, 5.41) is 3.73. The van der Waals surface area contributed by atoms with Gasteiger partial charge in [0.1, 0.15) is 0 Å². The first-order chi connectivity index (χ1) is 15.4. The normalized spacial score (nSPS) is 34.4. The molecule has 2 heterocycles. The Bertz CT molecular complexity index is 605. The van der Waals surface area contributed by atoms with Crippen molar-refractivity contribution in [2.45, 2.75) is 129 Å². The zero-order valence-electron chi connectivity index (χ0n) is 22.5. The van der Waals surface area contributed by atoms with E-state index < -0.39 is 0 Å². The summed E-state index contributed by atoms with van der Waals surface area (Å²) >= 11 is 0. The van der Waals surface area contributed by atoms with E-state index in [-0.39, 0.29) is 15.8 Å².